The second-order valence-corrected chi connectivity index (χ2v) is 4.33. The molecule has 1 aromatic rings. The summed E-state index contributed by atoms with van der Waals surface area (Å²) in [6.07, 6.45) is 2.15. The third-order valence-corrected chi connectivity index (χ3v) is 2.34. The van der Waals surface area contributed by atoms with E-state index in [9.17, 15) is 5.11 Å². The zero-order valence-electron chi connectivity index (χ0n) is 10.6. The largest absolute Gasteiger partial charge is 0.491 e. The Morgan fingerprint density at radius 1 is 1.41 bits per heavy atom. The Hall–Kier alpha value is -1.32. The first-order valence-corrected chi connectivity index (χ1v) is 5.78. The highest BCUT2D eigenvalue weighted by molar-refractivity contribution is 5.34. The fourth-order valence-electron chi connectivity index (χ4n) is 1.63. The van der Waals surface area contributed by atoms with Gasteiger partial charge < -0.3 is 14.7 Å². The molecule has 0 amide bonds. The molecule has 1 aromatic carbocycles. The number of allylic oxidation sites excluding steroid dienone is 1. The van der Waals surface area contributed by atoms with E-state index >= 15 is 0 Å². The van der Waals surface area contributed by atoms with E-state index in [0.717, 1.165) is 17.7 Å². The molecule has 0 spiro atoms. The molecular formula is C14H21NO2. The maximum Gasteiger partial charge on any atom is 0.122 e. The number of rotatable bonds is 7. The SMILES string of the molecule is C=CCc1ccccc1OCC(O)CN(C)C. The quantitative estimate of drug-likeness (QED) is 0.730. The molecule has 0 radical (unpaired) electrons. The van der Waals surface area contributed by atoms with Gasteiger partial charge in [-0.15, -0.1) is 6.58 Å². The molecule has 3 nitrogen and oxygen atoms in total. The number of para-hydroxylation sites is 1. The first kappa shape index (κ1) is 13.7. The Morgan fingerprint density at radius 3 is 2.76 bits per heavy atom. The number of ether oxygens (including phenoxy) is 1. The van der Waals surface area contributed by atoms with Crippen molar-refractivity contribution in [2.24, 2.45) is 0 Å². The Kier molecular flexibility index (Phi) is 5.73. The molecule has 0 heterocycles. The Labute approximate surface area is 103 Å². The number of benzene rings is 1. The third kappa shape index (κ3) is 5.02. The zero-order chi connectivity index (χ0) is 12.7. The predicted octanol–water partition coefficient (Wildman–Crippen LogP) is 1.72. The van der Waals surface area contributed by atoms with Crippen molar-refractivity contribution in [3.63, 3.8) is 0 Å². The van der Waals surface area contributed by atoms with Crippen LogP contribution in [0.2, 0.25) is 0 Å². The van der Waals surface area contributed by atoms with Crippen LogP contribution in [0.5, 0.6) is 5.75 Å². The van der Waals surface area contributed by atoms with Crippen molar-refractivity contribution < 1.29 is 9.84 Å². The highest BCUT2D eigenvalue weighted by Gasteiger charge is 2.08. The van der Waals surface area contributed by atoms with E-state index in [0.29, 0.717) is 13.2 Å². The summed E-state index contributed by atoms with van der Waals surface area (Å²) in [6, 6.07) is 7.83. The summed E-state index contributed by atoms with van der Waals surface area (Å²) in [4.78, 5) is 1.93. The van der Waals surface area contributed by atoms with Crippen LogP contribution in [0.1, 0.15) is 5.56 Å². The fraction of sp³-hybridized carbons (Fsp3) is 0.429. The second-order valence-electron chi connectivity index (χ2n) is 4.33. The minimum Gasteiger partial charge on any atom is -0.491 e. The van der Waals surface area contributed by atoms with Crippen LogP contribution in [0.25, 0.3) is 0 Å². The number of aliphatic hydroxyl groups excluding tert-OH is 1. The van der Waals surface area contributed by atoms with Gasteiger partial charge in [-0.2, -0.15) is 0 Å². The standard InChI is InChI=1S/C14H21NO2/c1-4-7-12-8-5-6-9-14(12)17-11-13(16)10-15(2)3/h4-6,8-9,13,16H,1,7,10-11H2,2-3H3. The van der Waals surface area contributed by atoms with Crippen molar-refractivity contribution in [2.75, 3.05) is 27.2 Å². The number of hydrogen-bond acceptors (Lipinski definition) is 3. The van der Waals surface area contributed by atoms with Crippen molar-refractivity contribution in [3.05, 3.63) is 42.5 Å². The monoisotopic (exact) mass is 235 g/mol. The lowest BCUT2D eigenvalue weighted by Gasteiger charge is -2.17. The molecule has 0 bridgehead atoms. The highest BCUT2D eigenvalue weighted by Crippen LogP contribution is 2.18. The molecule has 1 unspecified atom stereocenters. The molecule has 0 aliphatic heterocycles. The van der Waals surface area contributed by atoms with E-state index in [1.165, 1.54) is 0 Å². The zero-order valence-corrected chi connectivity index (χ0v) is 10.6. The molecule has 3 heteroatoms. The van der Waals surface area contributed by atoms with Gasteiger partial charge in [0.2, 0.25) is 0 Å². The topological polar surface area (TPSA) is 32.7 Å². The van der Waals surface area contributed by atoms with Crippen LogP contribution in [0, 0.1) is 0 Å². The van der Waals surface area contributed by atoms with E-state index in [-0.39, 0.29) is 0 Å². The van der Waals surface area contributed by atoms with Gasteiger partial charge in [-0.1, -0.05) is 24.3 Å². The van der Waals surface area contributed by atoms with Crippen LogP contribution in [0.15, 0.2) is 36.9 Å². The van der Waals surface area contributed by atoms with Crippen LogP contribution in [-0.4, -0.2) is 43.4 Å². The molecule has 17 heavy (non-hydrogen) atoms. The molecule has 1 atom stereocenters. The lowest BCUT2D eigenvalue weighted by Crippen LogP contribution is -2.30. The summed E-state index contributed by atoms with van der Waals surface area (Å²) in [7, 11) is 3.85. The van der Waals surface area contributed by atoms with Crippen molar-refractivity contribution in [1.29, 1.82) is 0 Å². The normalized spacial score (nSPS) is 12.5. The molecule has 0 saturated carbocycles. The highest BCUT2D eigenvalue weighted by atomic mass is 16.5. The molecule has 0 saturated heterocycles. The van der Waals surface area contributed by atoms with Crippen molar-refractivity contribution in [1.82, 2.24) is 4.90 Å². The van der Waals surface area contributed by atoms with Crippen molar-refractivity contribution >= 4 is 0 Å². The lowest BCUT2D eigenvalue weighted by atomic mass is 10.1. The Balaban J connectivity index is 2.53. The summed E-state index contributed by atoms with van der Waals surface area (Å²) >= 11 is 0. The molecule has 94 valence electrons. The number of aliphatic hydroxyl groups is 1. The Bertz CT molecular complexity index is 350. The first-order chi connectivity index (χ1) is 8.13. The van der Waals surface area contributed by atoms with Gasteiger partial charge in [0.15, 0.2) is 0 Å². The van der Waals surface area contributed by atoms with Crippen LogP contribution in [0.4, 0.5) is 0 Å². The van der Waals surface area contributed by atoms with Gasteiger partial charge in [-0.3, -0.25) is 0 Å². The van der Waals surface area contributed by atoms with E-state index in [1.54, 1.807) is 0 Å². The van der Waals surface area contributed by atoms with Gasteiger partial charge >= 0.3 is 0 Å². The maximum atomic E-state index is 9.71. The summed E-state index contributed by atoms with van der Waals surface area (Å²) in [5.74, 6) is 0.824. The molecule has 0 fully saturated rings. The number of likely N-dealkylation sites (N-methyl/N-ethyl adjacent to an activating group) is 1. The van der Waals surface area contributed by atoms with E-state index in [1.807, 2.05) is 49.3 Å². The average molecular weight is 235 g/mol. The van der Waals surface area contributed by atoms with Crippen LogP contribution < -0.4 is 4.74 Å². The summed E-state index contributed by atoms with van der Waals surface area (Å²) in [5.41, 5.74) is 1.10. The summed E-state index contributed by atoms with van der Waals surface area (Å²) < 4.78 is 5.63. The summed E-state index contributed by atoms with van der Waals surface area (Å²) in [6.45, 7) is 4.63. The Morgan fingerprint density at radius 2 is 2.12 bits per heavy atom. The fourth-order valence-corrected chi connectivity index (χ4v) is 1.63. The minimum atomic E-state index is -0.471. The molecule has 1 N–H and O–H groups in total. The third-order valence-electron chi connectivity index (χ3n) is 2.34. The van der Waals surface area contributed by atoms with Gasteiger partial charge in [0.05, 0.1) is 0 Å². The van der Waals surface area contributed by atoms with Gasteiger partial charge in [0.25, 0.3) is 0 Å². The lowest BCUT2D eigenvalue weighted by molar-refractivity contribution is 0.0827. The van der Waals surface area contributed by atoms with Crippen LogP contribution in [-0.2, 0) is 6.42 Å². The smallest absolute Gasteiger partial charge is 0.122 e. The average Bonchev–Trinajstić information content (AvgIpc) is 2.27. The van der Waals surface area contributed by atoms with E-state index in [2.05, 4.69) is 6.58 Å². The first-order valence-electron chi connectivity index (χ1n) is 5.78. The van der Waals surface area contributed by atoms with Gasteiger partial charge in [-0.05, 0) is 32.1 Å². The predicted molar refractivity (Wildman–Crippen MR) is 70.4 cm³/mol. The summed E-state index contributed by atoms with van der Waals surface area (Å²) in [5, 5.41) is 9.71. The van der Waals surface area contributed by atoms with E-state index in [4.69, 9.17) is 4.74 Å². The van der Waals surface area contributed by atoms with Gasteiger partial charge in [0.1, 0.15) is 18.5 Å². The molecule has 0 aliphatic rings. The van der Waals surface area contributed by atoms with Crippen LogP contribution >= 0.6 is 0 Å². The number of nitrogens with zero attached hydrogens (tertiary/aromatic N) is 1. The number of hydrogen-bond donors (Lipinski definition) is 1. The van der Waals surface area contributed by atoms with Crippen LogP contribution in [0.3, 0.4) is 0 Å². The minimum absolute atomic E-state index is 0.312. The van der Waals surface area contributed by atoms with E-state index < -0.39 is 6.10 Å². The molecule has 0 aliphatic carbocycles. The maximum absolute atomic E-state index is 9.71. The van der Waals surface area contributed by atoms with Gasteiger partial charge in [-0.25, -0.2) is 0 Å². The second kappa shape index (κ2) is 7.09. The van der Waals surface area contributed by atoms with Gasteiger partial charge in [0, 0.05) is 6.54 Å². The molecular weight excluding hydrogens is 214 g/mol. The molecule has 1 rings (SSSR count). The van der Waals surface area contributed by atoms with Crippen molar-refractivity contribution in [3.8, 4) is 5.75 Å². The molecule has 0 aromatic heterocycles. The van der Waals surface area contributed by atoms with Crippen molar-refractivity contribution in [2.45, 2.75) is 12.5 Å².